The van der Waals surface area contributed by atoms with Crippen LogP contribution in [0.1, 0.15) is 28.8 Å². The Hall–Kier alpha value is -4.91. The predicted octanol–water partition coefficient (Wildman–Crippen LogP) is 8.15. The van der Waals surface area contributed by atoms with Gasteiger partial charge in [0.25, 0.3) is 0 Å². The number of anilines is 5. The van der Waals surface area contributed by atoms with E-state index >= 15 is 0 Å². The molecule has 1 aliphatic rings. The van der Waals surface area contributed by atoms with E-state index in [0.717, 1.165) is 52.0 Å². The molecule has 12 heteroatoms. The third-order valence-electron chi connectivity index (χ3n) is 6.39. The molecule has 1 aliphatic heterocycles. The fourth-order valence-electron chi connectivity index (χ4n) is 4.22. The van der Waals surface area contributed by atoms with Gasteiger partial charge in [-0.15, -0.1) is 10.2 Å². The molecule has 10 nitrogen and oxygen atoms in total. The molecule has 0 atom stereocenters. The van der Waals surface area contributed by atoms with Crippen LogP contribution in [0.3, 0.4) is 0 Å². The van der Waals surface area contributed by atoms with Crippen LogP contribution < -0.4 is 26.6 Å². The monoisotopic (exact) mass is 580 g/mol. The lowest BCUT2D eigenvalue weighted by Crippen LogP contribution is -2.15. The number of thiophene rings is 1. The second-order valence-electron chi connectivity index (χ2n) is 9.39. The molecule has 206 valence electrons. The number of hydrogen-bond donors (Lipinski definition) is 4. The molecule has 0 radical (unpaired) electrons. The summed E-state index contributed by atoms with van der Waals surface area (Å²) in [6, 6.07) is 19.9. The lowest BCUT2D eigenvalue weighted by Gasteiger charge is -2.15. The van der Waals surface area contributed by atoms with Crippen molar-refractivity contribution in [1.29, 1.82) is 10.5 Å². The third-order valence-corrected chi connectivity index (χ3v) is 8.28. The first-order chi connectivity index (χ1) is 20.0. The SMILES string of the molecule is Cc1cc(NNc2ccc(NNc3ccc(N4CCCC4)s3)cc2C)ccc1/N=N/c1ncc(C=C(C#N)C#N)s1. The minimum Gasteiger partial charge on any atom is -0.363 e. The molecule has 4 aromatic rings. The van der Waals surface area contributed by atoms with Gasteiger partial charge in [0.05, 0.1) is 32.6 Å². The normalized spacial score (nSPS) is 12.5. The molecule has 2 aromatic heterocycles. The summed E-state index contributed by atoms with van der Waals surface area (Å²) in [4.78, 5) is 7.29. The van der Waals surface area contributed by atoms with Crippen LogP contribution in [0.25, 0.3) is 6.08 Å². The Labute approximate surface area is 246 Å². The highest BCUT2D eigenvalue weighted by Crippen LogP contribution is 2.32. The minimum atomic E-state index is 0.0184. The number of allylic oxidation sites excluding steroid dienone is 1. The Bertz CT molecular complexity index is 1650. The van der Waals surface area contributed by atoms with Crippen LogP contribution in [0.5, 0.6) is 0 Å². The van der Waals surface area contributed by atoms with Crippen molar-refractivity contribution in [1.82, 2.24) is 4.98 Å². The van der Waals surface area contributed by atoms with Crippen molar-refractivity contribution in [3.8, 4) is 12.1 Å². The summed E-state index contributed by atoms with van der Waals surface area (Å²) < 4.78 is 0. The predicted molar refractivity (Wildman–Crippen MR) is 168 cm³/mol. The van der Waals surface area contributed by atoms with Crippen LogP contribution in [0.15, 0.2) is 70.5 Å². The molecule has 0 amide bonds. The summed E-state index contributed by atoms with van der Waals surface area (Å²) in [6.45, 7) is 6.31. The molecule has 1 fully saturated rings. The molecule has 2 aromatic carbocycles. The zero-order valence-electron chi connectivity index (χ0n) is 22.6. The number of hydrogen-bond acceptors (Lipinski definition) is 12. The summed E-state index contributed by atoms with van der Waals surface area (Å²) in [5, 5.41) is 29.2. The van der Waals surface area contributed by atoms with Gasteiger partial charge in [-0.1, -0.05) is 22.7 Å². The van der Waals surface area contributed by atoms with Gasteiger partial charge in [0, 0.05) is 19.3 Å². The van der Waals surface area contributed by atoms with Gasteiger partial charge in [0.2, 0.25) is 5.13 Å². The van der Waals surface area contributed by atoms with Gasteiger partial charge < -0.3 is 21.2 Å². The van der Waals surface area contributed by atoms with E-state index < -0.39 is 0 Å². The maximum absolute atomic E-state index is 8.90. The number of azo groups is 1. The van der Waals surface area contributed by atoms with Crippen LogP contribution in [-0.2, 0) is 0 Å². The Morgan fingerprint density at radius 2 is 1.61 bits per heavy atom. The smallest absolute Gasteiger partial charge is 0.230 e. The average molecular weight is 581 g/mol. The van der Waals surface area contributed by atoms with E-state index in [1.165, 1.54) is 35.3 Å². The molecule has 0 bridgehead atoms. The summed E-state index contributed by atoms with van der Waals surface area (Å²) in [6.07, 6.45) is 5.59. The number of aryl methyl sites for hydroxylation is 2. The van der Waals surface area contributed by atoms with Crippen molar-refractivity contribution < 1.29 is 0 Å². The maximum atomic E-state index is 8.90. The molecule has 0 unspecified atom stereocenters. The highest BCUT2D eigenvalue weighted by Gasteiger charge is 2.14. The molecular weight excluding hydrogens is 553 g/mol. The number of aromatic nitrogens is 1. The van der Waals surface area contributed by atoms with Gasteiger partial charge in [-0.3, -0.25) is 5.43 Å². The van der Waals surface area contributed by atoms with Crippen molar-refractivity contribution in [2.75, 3.05) is 39.7 Å². The van der Waals surface area contributed by atoms with Gasteiger partial charge >= 0.3 is 0 Å². The van der Waals surface area contributed by atoms with Crippen LogP contribution in [0.2, 0.25) is 0 Å². The van der Waals surface area contributed by atoms with Crippen LogP contribution in [-0.4, -0.2) is 18.1 Å². The van der Waals surface area contributed by atoms with E-state index in [4.69, 9.17) is 10.5 Å². The Morgan fingerprint density at radius 3 is 2.34 bits per heavy atom. The van der Waals surface area contributed by atoms with E-state index in [1.807, 2.05) is 49.4 Å². The second-order valence-corrected chi connectivity index (χ2v) is 11.5. The van der Waals surface area contributed by atoms with E-state index in [2.05, 4.69) is 66.9 Å². The topological polar surface area (TPSA) is 137 Å². The summed E-state index contributed by atoms with van der Waals surface area (Å²) in [5.74, 6) is 0. The fourth-order valence-corrected chi connectivity index (χ4v) is 5.81. The van der Waals surface area contributed by atoms with Gasteiger partial charge in [-0.25, -0.2) is 4.98 Å². The quantitative estimate of drug-likeness (QED) is 0.0838. The number of rotatable bonds is 10. The van der Waals surface area contributed by atoms with E-state index in [-0.39, 0.29) is 5.57 Å². The minimum absolute atomic E-state index is 0.0184. The number of nitrogens with zero attached hydrogens (tertiary/aromatic N) is 6. The van der Waals surface area contributed by atoms with Crippen molar-refractivity contribution in [3.05, 3.63) is 76.3 Å². The van der Waals surface area contributed by atoms with Gasteiger partial charge in [0.1, 0.15) is 22.7 Å². The molecule has 0 saturated carbocycles. The summed E-state index contributed by atoms with van der Waals surface area (Å²) in [7, 11) is 0. The first-order valence-electron chi connectivity index (χ1n) is 13.0. The van der Waals surface area contributed by atoms with E-state index in [0.29, 0.717) is 10.0 Å². The van der Waals surface area contributed by atoms with Crippen molar-refractivity contribution >= 4 is 66.6 Å². The molecule has 0 spiro atoms. The molecule has 0 aliphatic carbocycles. The molecule has 5 rings (SSSR count). The zero-order chi connectivity index (χ0) is 28.6. The maximum Gasteiger partial charge on any atom is 0.230 e. The van der Waals surface area contributed by atoms with Crippen LogP contribution in [0.4, 0.5) is 37.9 Å². The number of hydrazine groups is 2. The molecule has 3 heterocycles. The lowest BCUT2D eigenvalue weighted by molar-refractivity contribution is 0.949. The third kappa shape index (κ3) is 7.19. The highest BCUT2D eigenvalue weighted by atomic mass is 32.1. The average Bonchev–Trinajstić information content (AvgIpc) is 3.76. The van der Waals surface area contributed by atoms with Crippen molar-refractivity contribution in [2.45, 2.75) is 26.7 Å². The Kier molecular flexibility index (Phi) is 8.74. The van der Waals surface area contributed by atoms with Crippen LogP contribution >= 0.6 is 22.7 Å². The first kappa shape index (κ1) is 27.6. The van der Waals surface area contributed by atoms with Crippen molar-refractivity contribution in [2.24, 2.45) is 10.2 Å². The Morgan fingerprint density at radius 1 is 0.878 bits per heavy atom. The second kappa shape index (κ2) is 13.0. The molecule has 41 heavy (non-hydrogen) atoms. The van der Waals surface area contributed by atoms with Gasteiger partial charge in [-0.05, 0) is 92.4 Å². The Balaban J connectivity index is 1.14. The highest BCUT2D eigenvalue weighted by molar-refractivity contribution is 7.20. The zero-order valence-corrected chi connectivity index (χ0v) is 24.2. The molecule has 1 saturated heterocycles. The summed E-state index contributed by atoms with van der Waals surface area (Å²) in [5.41, 5.74) is 18.8. The summed E-state index contributed by atoms with van der Waals surface area (Å²) >= 11 is 3.02. The van der Waals surface area contributed by atoms with Gasteiger partial charge in [-0.2, -0.15) is 10.5 Å². The first-order valence-corrected chi connectivity index (χ1v) is 14.6. The fraction of sp³-hybridized carbons (Fsp3) is 0.207. The number of thiazole rings is 1. The number of benzene rings is 2. The largest absolute Gasteiger partial charge is 0.363 e. The number of nitriles is 2. The molecular formula is C29H28N10S2. The van der Waals surface area contributed by atoms with Crippen molar-refractivity contribution in [3.63, 3.8) is 0 Å². The van der Waals surface area contributed by atoms with Crippen LogP contribution in [0, 0.1) is 36.5 Å². The lowest BCUT2D eigenvalue weighted by atomic mass is 10.2. The van der Waals surface area contributed by atoms with E-state index in [1.54, 1.807) is 17.5 Å². The molecule has 4 N–H and O–H groups in total. The van der Waals surface area contributed by atoms with E-state index in [9.17, 15) is 0 Å². The van der Waals surface area contributed by atoms with Gasteiger partial charge in [0.15, 0.2) is 0 Å². The number of nitrogens with one attached hydrogen (secondary N) is 4. The standard InChI is InChI=1S/C29H28N10S2/c1-19-14-23(34-37-27-9-10-28(41-27)39-11-3-4-12-39)6-7-25(19)35-33-22-5-8-26(20(2)13-22)36-38-29-32-18-24(40-29)15-21(16-30)17-31/h5-10,13-15,18,33-35,37H,3-4,11-12H2,1-2H3/b38-36+.